The fraction of sp³-hybridized carbons (Fsp3) is 0.900. The summed E-state index contributed by atoms with van der Waals surface area (Å²) < 4.78 is 0. The summed E-state index contributed by atoms with van der Waals surface area (Å²) >= 11 is 0. The first-order valence-corrected chi connectivity index (χ1v) is 4.83. The molecule has 0 unspecified atom stereocenters. The van der Waals surface area contributed by atoms with Crippen molar-refractivity contribution in [3.05, 3.63) is 0 Å². The fourth-order valence-electron chi connectivity index (χ4n) is 2.38. The lowest BCUT2D eigenvalue weighted by Gasteiger charge is -2.36. The third-order valence-corrected chi connectivity index (χ3v) is 3.48. The maximum Gasteiger partial charge on any atom is 0.221 e. The van der Waals surface area contributed by atoms with Crippen LogP contribution in [0.25, 0.3) is 0 Å². The first kappa shape index (κ1) is 9.56. The minimum atomic E-state index is -0.110. The topological polar surface area (TPSA) is 43.1 Å². The van der Waals surface area contributed by atoms with E-state index >= 15 is 0 Å². The quantitative estimate of drug-likeness (QED) is 0.639. The summed E-state index contributed by atoms with van der Waals surface area (Å²) in [5.41, 5.74) is 5.37. The van der Waals surface area contributed by atoms with Crippen LogP contribution in [0.2, 0.25) is 0 Å². The molecule has 0 aromatic heterocycles. The predicted octanol–water partition coefficient (Wildman–Crippen LogP) is 1.79. The Morgan fingerprint density at radius 2 is 1.67 bits per heavy atom. The molecule has 1 aliphatic carbocycles. The maximum absolute atomic E-state index is 11.1. The summed E-state index contributed by atoms with van der Waals surface area (Å²) in [6.07, 6.45) is 2.39. The van der Waals surface area contributed by atoms with Gasteiger partial charge in [-0.1, -0.05) is 27.2 Å². The van der Waals surface area contributed by atoms with Crippen LogP contribution in [0.4, 0.5) is 0 Å². The highest BCUT2D eigenvalue weighted by molar-refractivity contribution is 5.77. The molecule has 1 aliphatic rings. The van der Waals surface area contributed by atoms with Crippen LogP contribution in [0.5, 0.6) is 0 Å². The maximum atomic E-state index is 11.1. The van der Waals surface area contributed by atoms with Crippen molar-refractivity contribution < 1.29 is 4.79 Å². The third-order valence-electron chi connectivity index (χ3n) is 3.48. The van der Waals surface area contributed by atoms with Crippen LogP contribution in [-0.4, -0.2) is 5.91 Å². The van der Waals surface area contributed by atoms with E-state index in [-0.39, 0.29) is 11.8 Å². The summed E-state index contributed by atoms with van der Waals surface area (Å²) in [5.74, 6) is 1.59. The van der Waals surface area contributed by atoms with Gasteiger partial charge in [-0.15, -0.1) is 0 Å². The van der Waals surface area contributed by atoms with E-state index < -0.39 is 0 Å². The first-order valence-electron chi connectivity index (χ1n) is 4.83. The number of carbonyl (C=O) groups is 1. The van der Waals surface area contributed by atoms with Crippen molar-refractivity contribution >= 4 is 5.91 Å². The third kappa shape index (κ3) is 1.62. The molecule has 1 rings (SSSR count). The highest BCUT2D eigenvalue weighted by atomic mass is 16.1. The van der Waals surface area contributed by atoms with E-state index in [0.29, 0.717) is 17.8 Å². The van der Waals surface area contributed by atoms with Gasteiger partial charge < -0.3 is 5.73 Å². The summed E-state index contributed by atoms with van der Waals surface area (Å²) in [6.45, 7) is 6.50. The van der Waals surface area contributed by atoms with Crippen LogP contribution in [0.15, 0.2) is 0 Å². The van der Waals surface area contributed by atoms with Crippen LogP contribution in [-0.2, 0) is 4.79 Å². The molecule has 0 aromatic rings. The van der Waals surface area contributed by atoms with Gasteiger partial charge in [-0.3, -0.25) is 4.79 Å². The van der Waals surface area contributed by atoms with Crippen LogP contribution < -0.4 is 5.73 Å². The lowest BCUT2D eigenvalue weighted by molar-refractivity contribution is -0.127. The van der Waals surface area contributed by atoms with Gasteiger partial charge in [0, 0.05) is 5.92 Å². The monoisotopic (exact) mass is 169 g/mol. The zero-order chi connectivity index (χ0) is 9.30. The van der Waals surface area contributed by atoms with Crippen molar-refractivity contribution in [2.45, 2.75) is 33.6 Å². The number of hydrogen-bond acceptors (Lipinski definition) is 1. The zero-order valence-corrected chi connectivity index (χ0v) is 8.21. The van der Waals surface area contributed by atoms with E-state index in [1.54, 1.807) is 0 Å². The van der Waals surface area contributed by atoms with Gasteiger partial charge in [0.1, 0.15) is 0 Å². The molecule has 0 heterocycles. The van der Waals surface area contributed by atoms with E-state index in [1.165, 1.54) is 6.42 Å². The molecule has 1 fully saturated rings. The summed E-state index contributed by atoms with van der Waals surface area (Å²) in [4.78, 5) is 11.1. The van der Waals surface area contributed by atoms with E-state index in [1.807, 2.05) is 0 Å². The number of rotatable bonds is 1. The largest absolute Gasteiger partial charge is 0.369 e. The van der Waals surface area contributed by atoms with Crippen molar-refractivity contribution in [3.63, 3.8) is 0 Å². The van der Waals surface area contributed by atoms with E-state index in [2.05, 4.69) is 20.8 Å². The summed E-state index contributed by atoms with van der Waals surface area (Å²) in [5, 5.41) is 0. The Morgan fingerprint density at radius 1 is 1.17 bits per heavy atom. The fourth-order valence-corrected chi connectivity index (χ4v) is 2.38. The average Bonchev–Trinajstić information content (AvgIpc) is 1.97. The van der Waals surface area contributed by atoms with Crippen LogP contribution in [0, 0.1) is 23.7 Å². The smallest absolute Gasteiger partial charge is 0.221 e. The second kappa shape index (κ2) is 3.46. The summed E-state index contributed by atoms with van der Waals surface area (Å²) in [6, 6.07) is 0. The lowest BCUT2D eigenvalue weighted by atomic mass is 9.68. The van der Waals surface area contributed by atoms with Gasteiger partial charge in [-0.05, 0) is 24.2 Å². The molecular weight excluding hydrogens is 150 g/mol. The number of nitrogens with two attached hydrogens (primary N) is 1. The minimum Gasteiger partial charge on any atom is -0.369 e. The molecule has 1 amide bonds. The normalized spacial score (nSPS) is 42.6. The molecule has 1 saturated carbocycles. The van der Waals surface area contributed by atoms with Crippen LogP contribution in [0.1, 0.15) is 33.6 Å². The van der Waals surface area contributed by atoms with Gasteiger partial charge in [-0.2, -0.15) is 0 Å². The standard InChI is InChI=1S/C10H19NO/c1-6-4-5-7(2)9(8(6)3)10(11)12/h6-9H,4-5H2,1-3H3,(H2,11,12)/t6-,7+,8+,9-/m0/s1. The van der Waals surface area contributed by atoms with E-state index in [4.69, 9.17) is 5.73 Å². The second-order valence-corrected chi connectivity index (χ2v) is 4.32. The van der Waals surface area contributed by atoms with Gasteiger partial charge in [0.05, 0.1) is 0 Å². The highest BCUT2D eigenvalue weighted by Gasteiger charge is 2.35. The van der Waals surface area contributed by atoms with E-state index in [9.17, 15) is 4.79 Å². The Morgan fingerprint density at radius 3 is 2.08 bits per heavy atom. The van der Waals surface area contributed by atoms with Crippen molar-refractivity contribution in [2.24, 2.45) is 29.4 Å². The van der Waals surface area contributed by atoms with Gasteiger partial charge in [-0.25, -0.2) is 0 Å². The van der Waals surface area contributed by atoms with Crippen LogP contribution in [0.3, 0.4) is 0 Å². The highest BCUT2D eigenvalue weighted by Crippen LogP contribution is 2.37. The first-order chi connectivity index (χ1) is 5.54. The molecule has 4 atom stereocenters. The molecule has 0 aliphatic heterocycles. The number of amides is 1. The molecule has 70 valence electrons. The average molecular weight is 169 g/mol. The molecule has 12 heavy (non-hydrogen) atoms. The van der Waals surface area contributed by atoms with Crippen molar-refractivity contribution in [3.8, 4) is 0 Å². The minimum absolute atomic E-state index is 0.105. The molecule has 2 N–H and O–H groups in total. The SMILES string of the molecule is C[C@H]1[C@@H](C(N)=O)[C@H](C)CC[C@@H]1C. The molecule has 0 aromatic carbocycles. The van der Waals surface area contributed by atoms with Crippen molar-refractivity contribution in [2.75, 3.05) is 0 Å². The Bertz CT molecular complexity index is 179. The van der Waals surface area contributed by atoms with Gasteiger partial charge in [0.25, 0.3) is 0 Å². The van der Waals surface area contributed by atoms with E-state index in [0.717, 1.165) is 6.42 Å². The van der Waals surface area contributed by atoms with Gasteiger partial charge >= 0.3 is 0 Å². The molecule has 0 radical (unpaired) electrons. The molecule has 2 heteroatoms. The zero-order valence-electron chi connectivity index (χ0n) is 8.21. The van der Waals surface area contributed by atoms with Crippen LogP contribution >= 0.6 is 0 Å². The Balaban J connectivity index is 2.71. The van der Waals surface area contributed by atoms with Gasteiger partial charge in [0.15, 0.2) is 0 Å². The Hall–Kier alpha value is -0.530. The Kier molecular flexibility index (Phi) is 2.76. The molecule has 0 bridgehead atoms. The lowest BCUT2D eigenvalue weighted by Crippen LogP contribution is -2.39. The second-order valence-electron chi connectivity index (χ2n) is 4.32. The predicted molar refractivity (Wildman–Crippen MR) is 49.4 cm³/mol. The molecule has 0 saturated heterocycles. The number of carbonyl (C=O) groups excluding carboxylic acids is 1. The molecule has 0 spiro atoms. The van der Waals surface area contributed by atoms with Crippen molar-refractivity contribution in [1.82, 2.24) is 0 Å². The van der Waals surface area contributed by atoms with Crippen molar-refractivity contribution in [1.29, 1.82) is 0 Å². The summed E-state index contributed by atoms with van der Waals surface area (Å²) in [7, 11) is 0. The number of hydrogen-bond donors (Lipinski definition) is 1. The molecular formula is C10H19NO. The molecule has 2 nitrogen and oxygen atoms in total. The number of primary amides is 1. The van der Waals surface area contributed by atoms with Gasteiger partial charge in [0.2, 0.25) is 5.91 Å². The Labute approximate surface area is 74.5 Å².